The number of anilines is 1. The normalized spacial score (nSPS) is 10.1. The maximum atomic E-state index is 11.0. The average molecular weight is 263 g/mol. The summed E-state index contributed by atoms with van der Waals surface area (Å²) in [5.41, 5.74) is -0.637. The maximum absolute atomic E-state index is 11.0. The summed E-state index contributed by atoms with van der Waals surface area (Å²) in [5, 5.41) is 22.3. The Morgan fingerprint density at radius 2 is 2.37 bits per heavy atom. The summed E-state index contributed by atoms with van der Waals surface area (Å²) in [4.78, 5) is 24.6. The molecular formula is C11H9N3O5. The topological polar surface area (TPSA) is 118 Å². The van der Waals surface area contributed by atoms with E-state index in [0.29, 0.717) is 5.76 Å². The second-order valence-electron chi connectivity index (χ2n) is 3.58. The van der Waals surface area contributed by atoms with E-state index in [1.807, 2.05) is 0 Å². The van der Waals surface area contributed by atoms with Crippen molar-refractivity contribution in [2.75, 3.05) is 5.32 Å². The standard InChI is InChI=1S/C11H9N3O5/c15-11(16)9-4-7(14(17)18)5-12-10(9)13-6-8-2-1-3-19-8/h1-5H,6H2,(H,12,13)(H,15,16). The van der Waals surface area contributed by atoms with E-state index in [1.165, 1.54) is 6.26 Å². The van der Waals surface area contributed by atoms with Gasteiger partial charge in [0.05, 0.1) is 17.7 Å². The Morgan fingerprint density at radius 1 is 1.58 bits per heavy atom. The van der Waals surface area contributed by atoms with Crippen LogP contribution in [0.5, 0.6) is 0 Å². The summed E-state index contributed by atoms with van der Waals surface area (Å²) in [5.74, 6) is -0.649. The molecule has 0 bridgehead atoms. The van der Waals surface area contributed by atoms with Crippen molar-refractivity contribution < 1.29 is 19.2 Å². The molecule has 8 nitrogen and oxygen atoms in total. The van der Waals surface area contributed by atoms with Gasteiger partial charge in [0.2, 0.25) is 0 Å². The minimum Gasteiger partial charge on any atom is -0.478 e. The molecule has 0 spiro atoms. The first-order chi connectivity index (χ1) is 9.08. The van der Waals surface area contributed by atoms with E-state index >= 15 is 0 Å². The van der Waals surface area contributed by atoms with Gasteiger partial charge in [-0.25, -0.2) is 9.78 Å². The van der Waals surface area contributed by atoms with E-state index in [9.17, 15) is 14.9 Å². The number of nitrogens with one attached hydrogen (secondary N) is 1. The van der Waals surface area contributed by atoms with Gasteiger partial charge in [-0.15, -0.1) is 0 Å². The Hall–Kier alpha value is -2.90. The largest absolute Gasteiger partial charge is 0.478 e. The van der Waals surface area contributed by atoms with Crippen molar-refractivity contribution in [2.45, 2.75) is 6.54 Å². The summed E-state index contributed by atoms with van der Waals surface area (Å²) in [7, 11) is 0. The van der Waals surface area contributed by atoms with E-state index < -0.39 is 10.9 Å². The molecule has 8 heteroatoms. The smallest absolute Gasteiger partial charge is 0.339 e. The zero-order valence-corrected chi connectivity index (χ0v) is 9.57. The van der Waals surface area contributed by atoms with E-state index in [4.69, 9.17) is 9.52 Å². The summed E-state index contributed by atoms with van der Waals surface area (Å²) in [6.07, 6.45) is 2.48. The van der Waals surface area contributed by atoms with Crippen LogP contribution in [0.3, 0.4) is 0 Å². The zero-order valence-electron chi connectivity index (χ0n) is 9.57. The Kier molecular flexibility index (Phi) is 3.42. The quantitative estimate of drug-likeness (QED) is 0.624. The van der Waals surface area contributed by atoms with Crippen molar-refractivity contribution in [3.8, 4) is 0 Å². The number of furan rings is 1. The third-order valence-electron chi connectivity index (χ3n) is 2.32. The van der Waals surface area contributed by atoms with Gasteiger partial charge in [-0.3, -0.25) is 10.1 Å². The molecule has 0 radical (unpaired) electrons. The number of nitro groups is 1. The predicted octanol–water partition coefficient (Wildman–Crippen LogP) is 1.89. The van der Waals surface area contributed by atoms with E-state index in [0.717, 1.165) is 12.3 Å². The highest BCUT2D eigenvalue weighted by Gasteiger charge is 2.17. The Labute approximate surface area is 106 Å². The van der Waals surface area contributed by atoms with Gasteiger partial charge < -0.3 is 14.8 Å². The van der Waals surface area contributed by atoms with Gasteiger partial charge in [-0.2, -0.15) is 0 Å². The Morgan fingerprint density at radius 3 is 2.95 bits per heavy atom. The fourth-order valence-corrected chi connectivity index (χ4v) is 1.44. The predicted molar refractivity (Wildman–Crippen MR) is 63.9 cm³/mol. The molecule has 0 atom stereocenters. The number of carboxylic acids is 1. The molecule has 0 fully saturated rings. The van der Waals surface area contributed by atoms with Gasteiger partial charge in [0.15, 0.2) is 0 Å². The van der Waals surface area contributed by atoms with E-state index in [2.05, 4.69) is 10.3 Å². The Balaban J connectivity index is 2.24. The van der Waals surface area contributed by atoms with Crippen LogP contribution in [0.15, 0.2) is 35.1 Å². The van der Waals surface area contributed by atoms with Crippen molar-refractivity contribution in [3.63, 3.8) is 0 Å². The molecule has 19 heavy (non-hydrogen) atoms. The lowest BCUT2D eigenvalue weighted by Gasteiger charge is -2.06. The third-order valence-corrected chi connectivity index (χ3v) is 2.32. The fraction of sp³-hybridized carbons (Fsp3) is 0.0909. The van der Waals surface area contributed by atoms with Crippen LogP contribution < -0.4 is 5.32 Å². The number of carboxylic acid groups (broad SMARTS) is 1. The van der Waals surface area contributed by atoms with Crippen LogP contribution >= 0.6 is 0 Å². The second-order valence-corrected chi connectivity index (χ2v) is 3.58. The number of aromatic nitrogens is 1. The second kappa shape index (κ2) is 5.17. The van der Waals surface area contributed by atoms with Gasteiger partial charge in [0.25, 0.3) is 5.69 Å². The molecule has 98 valence electrons. The lowest BCUT2D eigenvalue weighted by atomic mass is 10.2. The number of hydrogen-bond acceptors (Lipinski definition) is 6. The molecule has 2 N–H and O–H groups in total. The molecule has 2 heterocycles. The van der Waals surface area contributed by atoms with Crippen LogP contribution in [0.25, 0.3) is 0 Å². The van der Waals surface area contributed by atoms with E-state index in [-0.39, 0.29) is 23.6 Å². The lowest BCUT2D eigenvalue weighted by Crippen LogP contribution is -2.08. The molecule has 2 aromatic heterocycles. The van der Waals surface area contributed by atoms with Gasteiger partial charge in [-0.1, -0.05) is 0 Å². The first-order valence-electron chi connectivity index (χ1n) is 5.22. The van der Waals surface area contributed by atoms with Crippen LogP contribution in [0.2, 0.25) is 0 Å². The minimum absolute atomic E-state index is 0.0505. The molecule has 0 amide bonds. The van der Waals surface area contributed by atoms with Gasteiger partial charge in [0, 0.05) is 6.07 Å². The minimum atomic E-state index is -1.29. The van der Waals surface area contributed by atoms with Gasteiger partial charge >= 0.3 is 5.97 Å². The summed E-state index contributed by atoms with van der Waals surface area (Å²) in [6, 6.07) is 4.36. The maximum Gasteiger partial charge on any atom is 0.339 e. The molecule has 0 aliphatic carbocycles. The summed E-state index contributed by atoms with van der Waals surface area (Å²) < 4.78 is 5.07. The first-order valence-corrected chi connectivity index (χ1v) is 5.22. The number of nitrogens with zero attached hydrogens (tertiary/aromatic N) is 2. The molecule has 0 saturated carbocycles. The summed E-state index contributed by atoms with van der Waals surface area (Å²) in [6.45, 7) is 0.234. The van der Waals surface area contributed by atoms with Gasteiger partial charge in [-0.05, 0) is 12.1 Å². The highest BCUT2D eigenvalue weighted by molar-refractivity contribution is 5.93. The molecule has 0 unspecified atom stereocenters. The average Bonchev–Trinajstić information content (AvgIpc) is 2.89. The number of hydrogen-bond donors (Lipinski definition) is 2. The number of aromatic carboxylic acids is 1. The van der Waals surface area contributed by atoms with Crippen LogP contribution in [-0.2, 0) is 6.54 Å². The molecule has 0 aromatic carbocycles. The highest BCUT2D eigenvalue weighted by atomic mass is 16.6. The molecule has 2 rings (SSSR count). The highest BCUT2D eigenvalue weighted by Crippen LogP contribution is 2.19. The molecule has 0 aliphatic heterocycles. The lowest BCUT2D eigenvalue weighted by molar-refractivity contribution is -0.385. The van der Waals surface area contributed by atoms with Crippen LogP contribution in [0, 0.1) is 10.1 Å². The van der Waals surface area contributed by atoms with Crippen LogP contribution in [0.4, 0.5) is 11.5 Å². The van der Waals surface area contributed by atoms with Gasteiger partial charge in [0.1, 0.15) is 23.3 Å². The molecule has 0 aliphatic rings. The number of rotatable bonds is 5. The summed E-state index contributed by atoms with van der Waals surface area (Å²) >= 11 is 0. The van der Waals surface area contributed by atoms with Crippen molar-refractivity contribution in [2.24, 2.45) is 0 Å². The third kappa shape index (κ3) is 2.86. The monoisotopic (exact) mass is 263 g/mol. The van der Waals surface area contributed by atoms with Crippen molar-refractivity contribution >= 4 is 17.5 Å². The van der Waals surface area contributed by atoms with Crippen LogP contribution in [-0.4, -0.2) is 21.0 Å². The van der Waals surface area contributed by atoms with Crippen molar-refractivity contribution in [3.05, 3.63) is 52.1 Å². The fourth-order valence-electron chi connectivity index (χ4n) is 1.44. The van der Waals surface area contributed by atoms with Crippen molar-refractivity contribution in [1.82, 2.24) is 4.98 Å². The van der Waals surface area contributed by atoms with Crippen LogP contribution in [0.1, 0.15) is 16.1 Å². The molecule has 0 saturated heterocycles. The molecule has 2 aromatic rings. The number of carbonyl (C=O) groups is 1. The van der Waals surface area contributed by atoms with Crippen molar-refractivity contribution in [1.29, 1.82) is 0 Å². The Bertz CT molecular complexity index is 609. The van der Waals surface area contributed by atoms with E-state index in [1.54, 1.807) is 12.1 Å². The first kappa shape index (κ1) is 12.6. The SMILES string of the molecule is O=C(O)c1cc([N+](=O)[O-])cnc1NCc1ccco1. The zero-order chi connectivity index (χ0) is 13.8. The number of pyridine rings is 1. The molecular weight excluding hydrogens is 254 g/mol.